The molecule has 0 unspecified atom stereocenters. The van der Waals surface area contributed by atoms with Gasteiger partial charge in [-0.25, -0.2) is 0 Å². The fourth-order valence-electron chi connectivity index (χ4n) is 2.38. The van der Waals surface area contributed by atoms with Crippen LogP contribution in [0.5, 0.6) is 11.5 Å². The number of hydrogen-bond acceptors (Lipinski definition) is 4. The number of hydrogen-bond donors (Lipinski definition) is 1. The summed E-state index contributed by atoms with van der Waals surface area (Å²) in [6.07, 6.45) is 0. The SMILES string of the molecule is CCOc1ccccc1OC(C)(C)C(=O)N1CCNCC1. The Hall–Kier alpha value is -1.75. The summed E-state index contributed by atoms with van der Waals surface area (Å²) < 4.78 is 11.5. The third-order valence-corrected chi connectivity index (χ3v) is 3.43. The van der Waals surface area contributed by atoms with Gasteiger partial charge in [0.1, 0.15) is 0 Å². The number of piperazine rings is 1. The normalized spacial score (nSPS) is 15.7. The molecule has 5 heteroatoms. The summed E-state index contributed by atoms with van der Waals surface area (Å²) in [7, 11) is 0. The van der Waals surface area contributed by atoms with Gasteiger partial charge in [0.2, 0.25) is 0 Å². The quantitative estimate of drug-likeness (QED) is 0.897. The van der Waals surface area contributed by atoms with Gasteiger partial charge in [0.05, 0.1) is 6.61 Å². The number of rotatable bonds is 5. The van der Waals surface area contributed by atoms with Gasteiger partial charge in [0.25, 0.3) is 5.91 Å². The fourth-order valence-corrected chi connectivity index (χ4v) is 2.38. The van der Waals surface area contributed by atoms with Crippen LogP contribution in [0.2, 0.25) is 0 Å². The summed E-state index contributed by atoms with van der Waals surface area (Å²) in [4.78, 5) is 14.5. The third kappa shape index (κ3) is 3.88. The van der Waals surface area contributed by atoms with E-state index in [1.54, 1.807) is 13.8 Å². The van der Waals surface area contributed by atoms with Gasteiger partial charge in [0, 0.05) is 26.2 Å². The van der Waals surface area contributed by atoms with E-state index >= 15 is 0 Å². The van der Waals surface area contributed by atoms with Crippen molar-refractivity contribution in [2.75, 3.05) is 32.8 Å². The highest BCUT2D eigenvalue weighted by Crippen LogP contribution is 2.30. The maximum absolute atomic E-state index is 12.6. The van der Waals surface area contributed by atoms with E-state index in [1.807, 2.05) is 36.1 Å². The number of benzene rings is 1. The van der Waals surface area contributed by atoms with Gasteiger partial charge in [-0.1, -0.05) is 12.1 Å². The number of ether oxygens (including phenoxy) is 2. The molecule has 1 aromatic rings. The van der Waals surface area contributed by atoms with E-state index in [2.05, 4.69) is 5.32 Å². The molecule has 1 aliphatic rings. The van der Waals surface area contributed by atoms with Gasteiger partial charge in [-0.2, -0.15) is 0 Å². The van der Waals surface area contributed by atoms with Crippen LogP contribution in [0, 0.1) is 0 Å². The lowest BCUT2D eigenvalue weighted by Crippen LogP contribution is -2.54. The standard InChI is InChI=1S/C16H24N2O3/c1-4-20-13-7-5-6-8-14(13)21-16(2,3)15(19)18-11-9-17-10-12-18/h5-8,17H,4,9-12H2,1-3H3. The molecule has 1 saturated heterocycles. The van der Waals surface area contributed by atoms with Crippen LogP contribution in [-0.2, 0) is 4.79 Å². The van der Waals surface area contributed by atoms with Crippen molar-refractivity contribution in [3.8, 4) is 11.5 Å². The molecule has 0 atom stereocenters. The minimum absolute atomic E-state index is 0.00954. The first kappa shape index (κ1) is 15.6. The molecule has 1 heterocycles. The lowest BCUT2D eigenvalue weighted by Gasteiger charge is -2.35. The Labute approximate surface area is 126 Å². The molecular weight excluding hydrogens is 268 g/mol. The van der Waals surface area contributed by atoms with Crippen LogP contribution in [0.3, 0.4) is 0 Å². The van der Waals surface area contributed by atoms with Crippen molar-refractivity contribution in [3.05, 3.63) is 24.3 Å². The molecule has 116 valence electrons. The first-order chi connectivity index (χ1) is 10.0. The molecule has 2 rings (SSSR count). The predicted octanol–water partition coefficient (Wildman–Crippen LogP) is 1.67. The van der Waals surface area contributed by atoms with E-state index in [9.17, 15) is 4.79 Å². The molecule has 0 aliphatic carbocycles. The number of para-hydroxylation sites is 2. The van der Waals surface area contributed by atoms with Gasteiger partial charge < -0.3 is 19.7 Å². The summed E-state index contributed by atoms with van der Waals surface area (Å²) in [6, 6.07) is 7.45. The average molecular weight is 292 g/mol. The van der Waals surface area contributed by atoms with Crippen LogP contribution in [0.25, 0.3) is 0 Å². The first-order valence-electron chi connectivity index (χ1n) is 7.45. The van der Waals surface area contributed by atoms with Crippen molar-refractivity contribution in [2.45, 2.75) is 26.4 Å². The highest BCUT2D eigenvalue weighted by atomic mass is 16.5. The zero-order valence-corrected chi connectivity index (χ0v) is 13.0. The second-order valence-electron chi connectivity index (χ2n) is 5.53. The lowest BCUT2D eigenvalue weighted by molar-refractivity contribution is -0.146. The van der Waals surface area contributed by atoms with Gasteiger partial charge in [-0.15, -0.1) is 0 Å². The number of nitrogens with zero attached hydrogens (tertiary/aromatic N) is 1. The van der Waals surface area contributed by atoms with Crippen LogP contribution in [-0.4, -0.2) is 49.2 Å². The van der Waals surface area contributed by atoms with Crippen molar-refractivity contribution in [1.82, 2.24) is 10.2 Å². The second-order valence-corrected chi connectivity index (χ2v) is 5.53. The van der Waals surface area contributed by atoms with E-state index in [-0.39, 0.29) is 5.91 Å². The largest absolute Gasteiger partial charge is 0.490 e. The van der Waals surface area contributed by atoms with Gasteiger partial charge in [-0.3, -0.25) is 4.79 Å². The summed E-state index contributed by atoms with van der Waals surface area (Å²) in [6.45, 7) is 9.20. The molecule has 5 nitrogen and oxygen atoms in total. The van der Waals surface area contributed by atoms with E-state index in [0.29, 0.717) is 18.1 Å². The van der Waals surface area contributed by atoms with Crippen molar-refractivity contribution < 1.29 is 14.3 Å². The van der Waals surface area contributed by atoms with E-state index in [4.69, 9.17) is 9.47 Å². The zero-order chi connectivity index (χ0) is 15.3. The molecule has 0 saturated carbocycles. The molecule has 0 spiro atoms. The van der Waals surface area contributed by atoms with E-state index < -0.39 is 5.60 Å². The highest BCUT2D eigenvalue weighted by Gasteiger charge is 2.35. The van der Waals surface area contributed by atoms with Crippen LogP contribution >= 0.6 is 0 Å². The van der Waals surface area contributed by atoms with Crippen LogP contribution in [0.4, 0.5) is 0 Å². The molecular formula is C16H24N2O3. The number of carbonyl (C=O) groups is 1. The Morgan fingerprint density at radius 3 is 2.48 bits per heavy atom. The molecule has 1 aliphatic heterocycles. The molecule has 0 bridgehead atoms. The number of amides is 1. The maximum Gasteiger partial charge on any atom is 0.266 e. The lowest BCUT2D eigenvalue weighted by atomic mass is 10.1. The second kappa shape index (κ2) is 6.80. The van der Waals surface area contributed by atoms with Crippen molar-refractivity contribution in [3.63, 3.8) is 0 Å². The van der Waals surface area contributed by atoms with Crippen molar-refractivity contribution >= 4 is 5.91 Å². The van der Waals surface area contributed by atoms with Crippen molar-refractivity contribution in [1.29, 1.82) is 0 Å². The van der Waals surface area contributed by atoms with Gasteiger partial charge in [-0.05, 0) is 32.9 Å². The fraction of sp³-hybridized carbons (Fsp3) is 0.562. The summed E-state index contributed by atoms with van der Waals surface area (Å²) >= 11 is 0. The third-order valence-electron chi connectivity index (χ3n) is 3.43. The zero-order valence-electron chi connectivity index (χ0n) is 13.0. The molecule has 1 N–H and O–H groups in total. The average Bonchev–Trinajstić information content (AvgIpc) is 2.49. The maximum atomic E-state index is 12.6. The Kier molecular flexibility index (Phi) is 5.07. The topological polar surface area (TPSA) is 50.8 Å². The minimum atomic E-state index is -0.912. The summed E-state index contributed by atoms with van der Waals surface area (Å²) in [5.41, 5.74) is -0.912. The van der Waals surface area contributed by atoms with Crippen LogP contribution < -0.4 is 14.8 Å². The molecule has 0 radical (unpaired) electrons. The molecule has 0 aromatic heterocycles. The van der Waals surface area contributed by atoms with E-state index in [0.717, 1.165) is 26.2 Å². The summed E-state index contributed by atoms with van der Waals surface area (Å²) in [5.74, 6) is 1.28. The monoisotopic (exact) mass is 292 g/mol. The summed E-state index contributed by atoms with van der Waals surface area (Å²) in [5, 5.41) is 3.24. The number of nitrogens with one attached hydrogen (secondary N) is 1. The molecule has 1 fully saturated rings. The van der Waals surface area contributed by atoms with Crippen LogP contribution in [0.15, 0.2) is 24.3 Å². The number of carbonyl (C=O) groups excluding carboxylic acids is 1. The highest BCUT2D eigenvalue weighted by molar-refractivity contribution is 5.85. The predicted molar refractivity (Wildman–Crippen MR) is 81.8 cm³/mol. The van der Waals surface area contributed by atoms with Gasteiger partial charge >= 0.3 is 0 Å². The smallest absolute Gasteiger partial charge is 0.266 e. The Morgan fingerprint density at radius 2 is 1.86 bits per heavy atom. The Bertz CT molecular complexity index is 482. The Balaban J connectivity index is 2.10. The minimum Gasteiger partial charge on any atom is -0.490 e. The van der Waals surface area contributed by atoms with Crippen LogP contribution in [0.1, 0.15) is 20.8 Å². The molecule has 1 amide bonds. The molecule has 21 heavy (non-hydrogen) atoms. The molecule has 1 aromatic carbocycles. The van der Waals surface area contributed by atoms with E-state index in [1.165, 1.54) is 0 Å². The van der Waals surface area contributed by atoms with Crippen molar-refractivity contribution in [2.24, 2.45) is 0 Å². The Morgan fingerprint density at radius 1 is 1.24 bits per heavy atom. The van der Waals surface area contributed by atoms with Gasteiger partial charge in [0.15, 0.2) is 17.1 Å². The first-order valence-corrected chi connectivity index (χ1v) is 7.45.